The highest BCUT2D eigenvalue weighted by molar-refractivity contribution is 7.92. The molecule has 0 amide bonds. The first-order valence-corrected chi connectivity index (χ1v) is 10.1. The van der Waals surface area contributed by atoms with Crippen LogP contribution in [0.5, 0.6) is 0 Å². The predicted molar refractivity (Wildman–Crippen MR) is 86.2 cm³/mol. The molecule has 5 heteroatoms. The van der Waals surface area contributed by atoms with Crippen molar-refractivity contribution < 1.29 is 13.2 Å². The molecule has 0 radical (unpaired) electrons. The monoisotopic (exact) mass is 317 g/mol. The maximum absolute atomic E-state index is 13.1. The molecule has 1 aliphatic heterocycles. The minimum absolute atomic E-state index is 0.114. The van der Waals surface area contributed by atoms with Crippen molar-refractivity contribution in [2.75, 3.05) is 13.2 Å². The summed E-state index contributed by atoms with van der Waals surface area (Å²) in [6.45, 7) is 9.79. The maximum Gasteiger partial charge on any atom is 0.160 e. The predicted octanol–water partition coefficient (Wildman–Crippen LogP) is 2.38. The van der Waals surface area contributed by atoms with E-state index in [1.165, 1.54) is 0 Å². The Balaban J connectivity index is 2.21. The van der Waals surface area contributed by atoms with Crippen LogP contribution in [0.4, 0.5) is 0 Å². The van der Waals surface area contributed by atoms with Crippen molar-refractivity contribution in [3.63, 3.8) is 0 Å². The Bertz CT molecular complexity index is 435. The van der Waals surface area contributed by atoms with E-state index in [0.717, 1.165) is 25.8 Å². The van der Waals surface area contributed by atoms with E-state index in [2.05, 4.69) is 26.1 Å². The third-order valence-electron chi connectivity index (χ3n) is 5.39. The van der Waals surface area contributed by atoms with E-state index in [1.54, 1.807) is 0 Å². The molecule has 1 saturated heterocycles. The highest BCUT2D eigenvalue weighted by atomic mass is 32.2. The van der Waals surface area contributed by atoms with Gasteiger partial charge in [0.2, 0.25) is 0 Å². The van der Waals surface area contributed by atoms with Gasteiger partial charge in [0, 0.05) is 12.6 Å². The van der Waals surface area contributed by atoms with Gasteiger partial charge in [-0.15, -0.1) is 0 Å². The molecule has 1 aliphatic carbocycles. The van der Waals surface area contributed by atoms with Gasteiger partial charge in [0.15, 0.2) is 9.84 Å². The Kier molecular flexibility index (Phi) is 5.71. The summed E-state index contributed by atoms with van der Waals surface area (Å²) in [5.74, 6) is 1.08. The summed E-state index contributed by atoms with van der Waals surface area (Å²) in [6, 6.07) is 0.114. The first-order valence-electron chi connectivity index (χ1n) is 8.45. The number of nitrogens with one attached hydrogen (secondary N) is 1. The summed E-state index contributed by atoms with van der Waals surface area (Å²) in [7, 11) is -3.14. The minimum atomic E-state index is -3.14. The van der Waals surface area contributed by atoms with Crippen LogP contribution in [0, 0.1) is 11.8 Å². The lowest BCUT2D eigenvalue weighted by molar-refractivity contribution is 0.126. The Morgan fingerprint density at radius 2 is 1.90 bits per heavy atom. The van der Waals surface area contributed by atoms with Crippen LogP contribution in [0.25, 0.3) is 0 Å². The molecule has 5 unspecified atom stereocenters. The molecule has 0 spiro atoms. The van der Waals surface area contributed by atoms with Gasteiger partial charge in [-0.05, 0) is 51.0 Å². The third kappa shape index (κ3) is 3.62. The highest BCUT2D eigenvalue weighted by Gasteiger charge is 2.46. The summed E-state index contributed by atoms with van der Waals surface area (Å²) in [5, 5.41) is 2.87. The zero-order valence-electron chi connectivity index (χ0n) is 13.8. The second kappa shape index (κ2) is 6.97. The van der Waals surface area contributed by atoms with Crippen LogP contribution in [0.15, 0.2) is 0 Å². The van der Waals surface area contributed by atoms with E-state index in [0.29, 0.717) is 24.9 Å². The Labute approximate surface area is 129 Å². The molecule has 0 bridgehead atoms. The van der Waals surface area contributed by atoms with Gasteiger partial charge in [-0.3, -0.25) is 0 Å². The molecule has 4 nitrogen and oxygen atoms in total. The second-order valence-electron chi connectivity index (χ2n) is 7.01. The number of rotatable bonds is 5. The zero-order chi connectivity index (χ0) is 15.6. The molecule has 21 heavy (non-hydrogen) atoms. The van der Waals surface area contributed by atoms with Crippen molar-refractivity contribution in [2.24, 2.45) is 11.8 Å². The van der Waals surface area contributed by atoms with Gasteiger partial charge in [-0.2, -0.15) is 0 Å². The molecule has 0 aromatic rings. The average Bonchev–Trinajstić information content (AvgIpc) is 2.86. The van der Waals surface area contributed by atoms with E-state index in [1.807, 2.05) is 6.92 Å². The van der Waals surface area contributed by atoms with Gasteiger partial charge in [-0.25, -0.2) is 8.42 Å². The van der Waals surface area contributed by atoms with Crippen molar-refractivity contribution in [1.82, 2.24) is 5.32 Å². The van der Waals surface area contributed by atoms with Gasteiger partial charge in [-0.1, -0.05) is 20.8 Å². The molecule has 0 aromatic heterocycles. The molecule has 2 aliphatic rings. The van der Waals surface area contributed by atoms with Gasteiger partial charge < -0.3 is 10.1 Å². The van der Waals surface area contributed by atoms with Crippen LogP contribution in [0.3, 0.4) is 0 Å². The number of sulfone groups is 1. The largest absolute Gasteiger partial charge is 0.377 e. The van der Waals surface area contributed by atoms with Gasteiger partial charge in [0.25, 0.3) is 0 Å². The molecule has 124 valence electrons. The van der Waals surface area contributed by atoms with Gasteiger partial charge in [0.05, 0.1) is 16.6 Å². The van der Waals surface area contributed by atoms with E-state index in [9.17, 15) is 8.42 Å². The Hall–Kier alpha value is -0.130. The van der Waals surface area contributed by atoms with Crippen molar-refractivity contribution in [3.8, 4) is 0 Å². The van der Waals surface area contributed by atoms with Crippen LogP contribution in [-0.2, 0) is 14.6 Å². The Morgan fingerprint density at radius 1 is 1.19 bits per heavy atom. The lowest BCUT2D eigenvalue weighted by atomic mass is 9.79. The van der Waals surface area contributed by atoms with Crippen LogP contribution in [-0.4, -0.2) is 44.2 Å². The van der Waals surface area contributed by atoms with E-state index < -0.39 is 9.84 Å². The van der Waals surface area contributed by atoms with Gasteiger partial charge >= 0.3 is 0 Å². The van der Waals surface area contributed by atoms with Crippen molar-refractivity contribution in [2.45, 2.75) is 76.0 Å². The fourth-order valence-electron chi connectivity index (χ4n) is 3.99. The van der Waals surface area contributed by atoms with E-state index in [-0.39, 0.29) is 22.6 Å². The number of ether oxygens (including phenoxy) is 1. The molecule has 1 saturated carbocycles. The van der Waals surface area contributed by atoms with Crippen LogP contribution < -0.4 is 5.32 Å². The first-order chi connectivity index (χ1) is 9.87. The van der Waals surface area contributed by atoms with Crippen molar-refractivity contribution in [1.29, 1.82) is 0 Å². The summed E-state index contributed by atoms with van der Waals surface area (Å²) >= 11 is 0. The molecule has 5 atom stereocenters. The summed E-state index contributed by atoms with van der Waals surface area (Å²) in [5.41, 5.74) is 0. The maximum atomic E-state index is 13.1. The third-order valence-corrected chi connectivity index (χ3v) is 8.22. The van der Waals surface area contributed by atoms with Crippen molar-refractivity contribution >= 4 is 9.84 Å². The van der Waals surface area contributed by atoms with E-state index in [4.69, 9.17) is 4.74 Å². The van der Waals surface area contributed by atoms with Crippen LogP contribution in [0.1, 0.15) is 53.4 Å². The molecule has 2 fully saturated rings. The molecular weight excluding hydrogens is 286 g/mol. The van der Waals surface area contributed by atoms with Crippen LogP contribution >= 0.6 is 0 Å². The fraction of sp³-hybridized carbons (Fsp3) is 1.00. The van der Waals surface area contributed by atoms with Crippen LogP contribution in [0.2, 0.25) is 0 Å². The quantitative estimate of drug-likeness (QED) is 0.846. The topological polar surface area (TPSA) is 55.4 Å². The zero-order valence-corrected chi connectivity index (χ0v) is 14.7. The lowest BCUT2D eigenvalue weighted by Crippen LogP contribution is -2.52. The summed E-state index contributed by atoms with van der Waals surface area (Å²) < 4.78 is 31.8. The average molecular weight is 317 g/mol. The second-order valence-corrected chi connectivity index (χ2v) is 9.40. The summed E-state index contributed by atoms with van der Waals surface area (Å²) in [4.78, 5) is 0. The molecule has 2 rings (SSSR count). The highest BCUT2D eigenvalue weighted by Crippen LogP contribution is 2.37. The lowest BCUT2D eigenvalue weighted by Gasteiger charge is -2.39. The molecule has 1 heterocycles. The Morgan fingerprint density at radius 3 is 2.43 bits per heavy atom. The SMILES string of the molecule is CCNC1CCC(C(C)C)CC1S(=O)(=O)C1CCOC1C. The normalized spacial score (nSPS) is 38.0. The standard InChI is InChI=1S/C16H31NO3S/c1-5-17-14-7-6-13(11(2)3)10-16(14)21(18,19)15-8-9-20-12(15)4/h11-17H,5-10H2,1-4H3. The van der Waals surface area contributed by atoms with Crippen molar-refractivity contribution in [3.05, 3.63) is 0 Å². The van der Waals surface area contributed by atoms with Gasteiger partial charge in [0.1, 0.15) is 0 Å². The van der Waals surface area contributed by atoms with E-state index >= 15 is 0 Å². The first kappa shape index (κ1) is 17.2. The minimum Gasteiger partial charge on any atom is -0.377 e. The number of hydrogen-bond acceptors (Lipinski definition) is 4. The molecular formula is C16H31NO3S. The molecule has 1 N–H and O–H groups in total. The molecule has 0 aromatic carbocycles. The smallest absolute Gasteiger partial charge is 0.160 e. The summed E-state index contributed by atoms with van der Waals surface area (Å²) in [6.07, 6.45) is 3.42. The number of hydrogen-bond donors (Lipinski definition) is 1. The fourth-order valence-corrected chi connectivity index (χ4v) is 6.68.